The van der Waals surface area contributed by atoms with Gasteiger partial charge in [0.15, 0.2) is 0 Å². The third kappa shape index (κ3) is 17.9. The van der Waals surface area contributed by atoms with E-state index >= 15 is 0 Å². The highest BCUT2D eigenvalue weighted by Crippen LogP contribution is 2.17. The Hall–Kier alpha value is -5.59. The number of carbonyl (C=O) groups is 9. The van der Waals surface area contributed by atoms with Gasteiger partial charge in [-0.15, -0.1) is 0 Å². The molecular formula is C34H50N8O11. The molecule has 1 atom stereocenters. The maximum Gasteiger partial charge on any atom is 0.325 e. The molecule has 19 nitrogen and oxygen atoms in total. The van der Waals surface area contributed by atoms with Crippen molar-refractivity contribution >= 4 is 53.2 Å². The van der Waals surface area contributed by atoms with Gasteiger partial charge in [0.05, 0.1) is 35.4 Å². The van der Waals surface area contributed by atoms with Crippen molar-refractivity contribution in [3.05, 3.63) is 35.9 Å². The molecule has 0 spiro atoms. The standard InChI is InChI=1S/C34H50N8O11/c1-3-12-41(13-4-2)32(49)23-52-22-30(47)37-17-26(43)35-15-27(44)38-19-31(48)42-14-8-11-25(42)34(51)40-18-29(46)36-16-28(45)39-20-33(50)53-21-24-9-6-5-7-10-24/h5-7,9-10,25H,3-4,8,11-23H2,1-2H3,(H,35,43)(H,36,46)(H,37,47)(H,38,44)(H,39,45)(H,40,51)/t25-/m0/s1/i15D2. The lowest BCUT2D eigenvalue weighted by Crippen LogP contribution is -2.51. The summed E-state index contributed by atoms with van der Waals surface area (Å²) in [7, 11) is 0. The first-order chi connectivity index (χ1) is 26.2. The van der Waals surface area contributed by atoms with E-state index in [0.717, 1.165) is 23.3 Å². The van der Waals surface area contributed by atoms with E-state index in [0.29, 0.717) is 19.5 Å². The average Bonchev–Trinajstić information content (AvgIpc) is 3.66. The van der Waals surface area contributed by atoms with Gasteiger partial charge in [-0.1, -0.05) is 44.2 Å². The van der Waals surface area contributed by atoms with Gasteiger partial charge in [0.2, 0.25) is 47.3 Å². The first kappa shape index (κ1) is 40.2. The van der Waals surface area contributed by atoms with Gasteiger partial charge in [-0.2, -0.15) is 0 Å². The number of ether oxygens (including phenoxy) is 2. The van der Waals surface area contributed by atoms with Crippen molar-refractivity contribution in [2.24, 2.45) is 0 Å². The second-order valence-corrected chi connectivity index (χ2v) is 11.7. The second kappa shape index (κ2) is 24.6. The Labute approximate surface area is 310 Å². The molecule has 0 bridgehead atoms. The highest BCUT2D eigenvalue weighted by atomic mass is 16.5. The van der Waals surface area contributed by atoms with Gasteiger partial charge in [-0.25, -0.2) is 0 Å². The van der Waals surface area contributed by atoms with Crippen molar-refractivity contribution in [3.8, 4) is 0 Å². The Balaban J connectivity index is 1.67. The van der Waals surface area contributed by atoms with Crippen LogP contribution in [0.4, 0.5) is 0 Å². The fraction of sp³-hybridized carbons (Fsp3) is 0.559. The van der Waals surface area contributed by atoms with Crippen LogP contribution >= 0.6 is 0 Å². The molecule has 53 heavy (non-hydrogen) atoms. The quantitative estimate of drug-likeness (QED) is 0.0619. The molecule has 292 valence electrons. The van der Waals surface area contributed by atoms with Gasteiger partial charge in [0, 0.05) is 19.6 Å². The van der Waals surface area contributed by atoms with Crippen LogP contribution in [0.1, 0.15) is 47.8 Å². The van der Waals surface area contributed by atoms with Crippen LogP contribution < -0.4 is 31.9 Å². The van der Waals surface area contributed by atoms with E-state index in [9.17, 15) is 43.2 Å². The van der Waals surface area contributed by atoms with Crippen molar-refractivity contribution in [3.63, 3.8) is 0 Å². The summed E-state index contributed by atoms with van der Waals surface area (Å²) in [4.78, 5) is 113. The molecule has 1 saturated heterocycles. The molecule has 1 aliphatic heterocycles. The molecule has 0 saturated carbocycles. The lowest BCUT2D eigenvalue weighted by Gasteiger charge is -2.24. The van der Waals surface area contributed by atoms with E-state index < -0.39 is 99.2 Å². The summed E-state index contributed by atoms with van der Waals surface area (Å²) in [6.07, 6.45) is 2.20. The van der Waals surface area contributed by atoms with Crippen molar-refractivity contribution in [2.45, 2.75) is 52.2 Å². The monoisotopic (exact) mass is 748 g/mol. The Morgan fingerprint density at radius 3 is 1.98 bits per heavy atom. The molecule has 1 aromatic rings. The van der Waals surface area contributed by atoms with Gasteiger partial charge in [-0.05, 0) is 31.2 Å². The van der Waals surface area contributed by atoms with Crippen molar-refractivity contribution in [1.82, 2.24) is 41.7 Å². The number of benzene rings is 1. The zero-order valence-corrected chi connectivity index (χ0v) is 30.0. The molecule has 1 aliphatic rings. The SMILES string of the molecule is [2H]C([2H])(NC(=O)CNC(=O)COCC(=O)N(CCC)CCC)C(=O)NCC(=O)N1CCC[C@H]1C(=O)NCC(=O)NCC(=O)NCC(=O)OCc1ccccc1. The fourth-order valence-corrected chi connectivity index (χ4v) is 4.81. The molecule has 1 fully saturated rings. The van der Waals surface area contributed by atoms with Crippen LogP contribution in [0.15, 0.2) is 30.3 Å². The molecule has 2 rings (SSSR count). The van der Waals surface area contributed by atoms with Crippen LogP contribution in [0.25, 0.3) is 0 Å². The number of hydrogen-bond acceptors (Lipinski definition) is 11. The maximum atomic E-state index is 12.8. The van der Waals surface area contributed by atoms with Crippen molar-refractivity contribution in [2.75, 3.05) is 72.1 Å². The van der Waals surface area contributed by atoms with Crippen LogP contribution in [0.5, 0.6) is 0 Å². The third-order valence-corrected chi connectivity index (χ3v) is 7.38. The normalized spacial score (nSPS) is 14.1. The number of rotatable bonds is 23. The molecule has 0 aromatic heterocycles. The molecule has 0 radical (unpaired) electrons. The Kier molecular flexibility index (Phi) is 18.6. The zero-order valence-electron chi connectivity index (χ0n) is 32.0. The zero-order chi connectivity index (χ0) is 40.8. The lowest BCUT2D eigenvalue weighted by molar-refractivity contribution is -0.145. The summed E-state index contributed by atoms with van der Waals surface area (Å²) >= 11 is 0. The van der Waals surface area contributed by atoms with Crippen molar-refractivity contribution in [1.29, 1.82) is 0 Å². The van der Waals surface area contributed by atoms with Crippen molar-refractivity contribution < 1.29 is 55.4 Å². The second-order valence-electron chi connectivity index (χ2n) is 11.7. The van der Waals surface area contributed by atoms with Gasteiger partial charge < -0.3 is 51.2 Å². The Bertz CT molecular complexity index is 1510. The highest BCUT2D eigenvalue weighted by Gasteiger charge is 2.34. The van der Waals surface area contributed by atoms with Gasteiger partial charge in [-0.3, -0.25) is 43.2 Å². The molecule has 6 N–H and O–H groups in total. The first-order valence-electron chi connectivity index (χ1n) is 18.2. The average molecular weight is 749 g/mol. The fourth-order valence-electron chi connectivity index (χ4n) is 4.81. The van der Waals surface area contributed by atoms with Crippen LogP contribution in [0.2, 0.25) is 0 Å². The smallest absolute Gasteiger partial charge is 0.325 e. The number of carbonyl (C=O) groups excluding carboxylic acids is 9. The number of esters is 1. The molecule has 1 aromatic carbocycles. The summed E-state index contributed by atoms with van der Waals surface area (Å²) in [6, 6.07) is 7.94. The van der Waals surface area contributed by atoms with E-state index in [1.165, 1.54) is 0 Å². The Morgan fingerprint density at radius 1 is 0.736 bits per heavy atom. The minimum atomic E-state index is -2.98. The lowest BCUT2D eigenvalue weighted by atomic mass is 10.2. The molecular weight excluding hydrogens is 696 g/mol. The number of nitrogens with zero attached hydrogens (tertiary/aromatic N) is 2. The predicted octanol–water partition coefficient (Wildman–Crippen LogP) is -2.92. The third-order valence-electron chi connectivity index (χ3n) is 7.38. The number of nitrogens with one attached hydrogen (secondary N) is 6. The van der Waals surface area contributed by atoms with E-state index in [1.54, 1.807) is 29.2 Å². The highest BCUT2D eigenvalue weighted by molar-refractivity contribution is 5.94. The van der Waals surface area contributed by atoms with Crippen LogP contribution in [-0.2, 0) is 59.2 Å². The molecule has 0 unspecified atom stereocenters. The minimum Gasteiger partial charge on any atom is -0.460 e. The van der Waals surface area contributed by atoms with E-state index in [2.05, 4.69) is 26.6 Å². The van der Waals surface area contributed by atoms with Crippen LogP contribution in [0.3, 0.4) is 0 Å². The maximum absolute atomic E-state index is 12.8. The number of amides is 8. The summed E-state index contributed by atoms with van der Waals surface area (Å²) in [5, 5.41) is 13.0. The molecule has 1 heterocycles. The topological polar surface area (TPSA) is 251 Å². The van der Waals surface area contributed by atoms with Crippen LogP contribution in [-0.4, -0.2) is 141 Å². The largest absolute Gasteiger partial charge is 0.460 e. The van der Waals surface area contributed by atoms with Crippen LogP contribution in [0, 0.1) is 0 Å². The molecule has 8 amide bonds. The first-order valence-corrected chi connectivity index (χ1v) is 17.2. The Morgan fingerprint density at radius 2 is 1.32 bits per heavy atom. The van der Waals surface area contributed by atoms with Gasteiger partial charge in [0.25, 0.3) is 0 Å². The summed E-state index contributed by atoms with van der Waals surface area (Å²) in [6.45, 7) is -1.55. The number of hydrogen-bond donors (Lipinski definition) is 6. The summed E-state index contributed by atoms with van der Waals surface area (Å²) in [5.41, 5.74) is 0.772. The summed E-state index contributed by atoms with van der Waals surface area (Å²) in [5.74, 6) is -6.93. The molecule has 19 heteroatoms. The minimum absolute atomic E-state index is 0.0346. The predicted molar refractivity (Wildman–Crippen MR) is 187 cm³/mol. The van der Waals surface area contributed by atoms with Gasteiger partial charge in [0.1, 0.15) is 32.4 Å². The summed E-state index contributed by atoms with van der Waals surface area (Å²) < 4.78 is 25.9. The van der Waals surface area contributed by atoms with E-state index in [1.807, 2.05) is 25.2 Å². The molecule has 0 aliphatic carbocycles. The van der Waals surface area contributed by atoms with E-state index in [4.69, 9.17) is 12.2 Å². The number of likely N-dealkylation sites (tertiary alicyclic amines) is 1. The van der Waals surface area contributed by atoms with Gasteiger partial charge >= 0.3 is 5.97 Å². The van der Waals surface area contributed by atoms with E-state index in [-0.39, 0.29) is 32.1 Å².